The predicted octanol–water partition coefficient (Wildman–Crippen LogP) is 2.35. The van der Waals surface area contributed by atoms with Crippen LogP contribution in [0.1, 0.15) is 33.9 Å². The van der Waals surface area contributed by atoms with E-state index in [-0.39, 0.29) is 11.9 Å². The maximum absolute atomic E-state index is 11.4. The zero-order valence-electron chi connectivity index (χ0n) is 11.0. The summed E-state index contributed by atoms with van der Waals surface area (Å²) in [7, 11) is 1.63. The molecule has 1 amide bonds. The highest BCUT2D eigenvalue weighted by Crippen LogP contribution is 2.15. The second-order valence-corrected chi connectivity index (χ2v) is 5.18. The lowest BCUT2D eigenvalue weighted by Crippen LogP contribution is -2.19. The van der Waals surface area contributed by atoms with Gasteiger partial charge in [0, 0.05) is 30.7 Å². The third-order valence-corrected chi connectivity index (χ3v) is 3.84. The largest absolute Gasteiger partial charge is 0.355 e. The van der Waals surface area contributed by atoms with E-state index in [2.05, 4.69) is 22.5 Å². The van der Waals surface area contributed by atoms with E-state index in [1.165, 1.54) is 0 Å². The standard InChI is InChI=1S/C14H17N3OS/c1-10(14-16-7-8-19-14)17-9-11-3-5-12(6-4-11)13(18)15-2/h3-8,10,17H,9H2,1-2H3,(H,15,18). The average Bonchev–Trinajstić information content (AvgIpc) is 2.98. The lowest BCUT2D eigenvalue weighted by Gasteiger charge is -2.11. The maximum Gasteiger partial charge on any atom is 0.251 e. The van der Waals surface area contributed by atoms with Crippen LogP contribution in [-0.2, 0) is 6.54 Å². The Morgan fingerprint density at radius 3 is 2.68 bits per heavy atom. The molecule has 100 valence electrons. The number of nitrogens with zero attached hydrogens (tertiary/aromatic N) is 1. The molecule has 2 rings (SSSR count). The lowest BCUT2D eigenvalue weighted by molar-refractivity contribution is 0.0963. The van der Waals surface area contributed by atoms with Crippen molar-refractivity contribution >= 4 is 17.2 Å². The van der Waals surface area contributed by atoms with Gasteiger partial charge in [0.1, 0.15) is 5.01 Å². The van der Waals surface area contributed by atoms with E-state index in [1.54, 1.807) is 18.4 Å². The summed E-state index contributed by atoms with van der Waals surface area (Å²) in [6.07, 6.45) is 1.82. The zero-order valence-corrected chi connectivity index (χ0v) is 11.8. The topological polar surface area (TPSA) is 54.0 Å². The summed E-state index contributed by atoms with van der Waals surface area (Å²) >= 11 is 1.65. The molecule has 0 aliphatic heterocycles. The van der Waals surface area contributed by atoms with Crippen LogP contribution in [0.4, 0.5) is 0 Å². The smallest absolute Gasteiger partial charge is 0.251 e. The van der Waals surface area contributed by atoms with Gasteiger partial charge in [0.15, 0.2) is 0 Å². The van der Waals surface area contributed by atoms with Crippen molar-refractivity contribution in [3.05, 3.63) is 52.0 Å². The van der Waals surface area contributed by atoms with Gasteiger partial charge in [-0.05, 0) is 24.6 Å². The molecule has 1 unspecified atom stereocenters. The number of amides is 1. The Morgan fingerprint density at radius 1 is 1.37 bits per heavy atom. The van der Waals surface area contributed by atoms with Crippen LogP contribution in [0, 0.1) is 0 Å². The fraction of sp³-hybridized carbons (Fsp3) is 0.286. The first-order valence-electron chi connectivity index (χ1n) is 6.14. The monoisotopic (exact) mass is 275 g/mol. The number of carbonyl (C=O) groups is 1. The van der Waals surface area contributed by atoms with E-state index in [9.17, 15) is 4.79 Å². The second kappa shape index (κ2) is 6.45. The fourth-order valence-electron chi connectivity index (χ4n) is 1.72. The number of benzene rings is 1. The minimum Gasteiger partial charge on any atom is -0.355 e. The summed E-state index contributed by atoms with van der Waals surface area (Å²) in [5, 5.41) is 9.08. The fourth-order valence-corrected chi connectivity index (χ4v) is 2.40. The molecule has 0 bridgehead atoms. The molecule has 0 radical (unpaired) electrons. The highest BCUT2D eigenvalue weighted by Gasteiger charge is 2.07. The van der Waals surface area contributed by atoms with Crippen LogP contribution in [0.3, 0.4) is 0 Å². The Labute approximate surface area is 116 Å². The van der Waals surface area contributed by atoms with Crippen molar-refractivity contribution in [3.63, 3.8) is 0 Å². The molecule has 1 aromatic carbocycles. The number of hydrogen-bond donors (Lipinski definition) is 2. The first-order valence-corrected chi connectivity index (χ1v) is 7.02. The summed E-state index contributed by atoms with van der Waals surface area (Å²) < 4.78 is 0. The molecule has 0 aliphatic rings. The van der Waals surface area contributed by atoms with Crippen LogP contribution in [0.25, 0.3) is 0 Å². The van der Waals surface area contributed by atoms with Gasteiger partial charge in [0.2, 0.25) is 0 Å². The Hall–Kier alpha value is -1.72. The average molecular weight is 275 g/mol. The minimum atomic E-state index is -0.0596. The van der Waals surface area contributed by atoms with Gasteiger partial charge in [-0.25, -0.2) is 4.98 Å². The summed E-state index contributed by atoms with van der Waals surface area (Å²) in [6, 6.07) is 7.84. The van der Waals surface area contributed by atoms with Gasteiger partial charge in [-0.1, -0.05) is 12.1 Å². The third-order valence-electron chi connectivity index (χ3n) is 2.88. The lowest BCUT2D eigenvalue weighted by atomic mass is 10.1. The summed E-state index contributed by atoms with van der Waals surface area (Å²) in [5.74, 6) is -0.0596. The number of rotatable bonds is 5. The Kier molecular flexibility index (Phi) is 4.65. The molecule has 2 N–H and O–H groups in total. The molecular weight excluding hydrogens is 258 g/mol. The first kappa shape index (κ1) is 13.7. The molecule has 2 aromatic rings. The molecule has 0 saturated heterocycles. The van der Waals surface area contributed by atoms with Gasteiger partial charge >= 0.3 is 0 Å². The normalized spacial score (nSPS) is 12.1. The molecule has 5 heteroatoms. The van der Waals surface area contributed by atoms with Crippen molar-refractivity contribution < 1.29 is 4.79 Å². The molecular formula is C14H17N3OS. The van der Waals surface area contributed by atoms with Gasteiger partial charge in [0.25, 0.3) is 5.91 Å². The van der Waals surface area contributed by atoms with E-state index in [0.717, 1.165) is 17.1 Å². The van der Waals surface area contributed by atoms with E-state index in [0.29, 0.717) is 5.56 Å². The zero-order chi connectivity index (χ0) is 13.7. The summed E-state index contributed by atoms with van der Waals surface area (Å²) in [6.45, 7) is 2.85. The van der Waals surface area contributed by atoms with Crippen LogP contribution in [0.5, 0.6) is 0 Å². The van der Waals surface area contributed by atoms with Crippen LogP contribution in [0.15, 0.2) is 35.8 Å². The number of thiazole rings is 1. The van der Waals surface area contributed by atoms with Gasteiger partial charge in [-0.2, -0.15) is 0 Å². The molecule has 0 fully saturated rings. The molecule has 1 heterocycles. The summed E-state index contributed by atoms with van der Waals surface area (Å²) in [5.41, 5.74) is 1.83. The predicted molar refractivity (Wildman–Crippen MR) is 77.2 cm³/mol. The van der Waals surface area contributed by atoms with Gasteiger partial charge in [-0.3, -0.25) is 4.79 Å². The number of carbonyl (C=O) groups excluding carboxylic acids is 1. The number of hydrogen-bond acceptors (Lipinski definition) is 4. The quantitative estimate of drug-likeness (QED) is 0.880. The summed E-state index contributed by atoms with van der Waals surface area (Å²) in [4.78, 5) is 15.7. The van der Waals surface area contributed by atoms with Gasteiger partial charge in [-0.15, -0.1) is 11.3 Å². The van der Waals surface area contributed by atoms with Gasteiger partial charge < -0.3 is 10.6 Å². The van der Waals surface area contributed by atoms with Crippen LogP contribution in [-0.4, -0.2) is 17.9 Å². The van der Waals surface area contributed by atoms with Crippen molar-refractivity contribution in [1.29, 1.82) is 0 Å². The highest BCUT2D eigenvalue weighted by atomic mass is 32.1. The van der Waals surface area contributed by atoms with Crippen molar-refractivity contribution in [2.24, 2.45) is 0 Å². The van der Waals surface area contributed by atoms with Crippen molar-refractivity contribution in [2.45, 2.75) is 19.5 Å². The van der Waals surface area contributed by atoms with E-state index >= 15 is 0 Å². The van der Waals surface area contributed by atoms with Crippen molar-refractivity contribution in [3.8, 4) is 0 Å². The maximum atomic E-state index is 11.4. The van der Waals surface area contributed by atoms with E-state index in [4.69, 9.17) is 0 Å². The second-order valence-electron chi connectivity index (χ2n) is 4.25. The Morgan fingerprint density at radius 2 is 2.11 bits per heavy atom. The Bertz CT molecular complexity index is 522. The Balaban J connectivity index is 1.91. The third kappa shape index (κ3) is 3.62. The van der Waals surface area contributed by atoms with Crippen molar-refractivity contribution in [1.82, 2.24) is 15.6 Å². The SMILES string of the molecule is CNC(=O)c1ccc(CNC(C)c2nccs2)cc1. The molecule has 4 nitrogen and oxygen atoms in total. The molecule has 0 saturated carbocycles. The van der Waals surface area contributed by atoms with Crippen LogP contribution >= 0.6 is 11.3 Å². The first-order chi connectivity index (χ1) is 9.20. The van der Waals surface area contributed by atoms with Crippen LogP contribution < -0.4 is 10.6 Å². The molecule has 19 heavy (non-hydrogen) atoms. The van der Waals surface area contributed by atoms with Crippen LogP contribution in [0.2, 0.25) is 0 Å². The molecule has 0 aliphatic carbocycles. The minimum absolute atomic E-state index is 0.0596. The highest BCUT2D eigenvalue weighted by molar-refractivity contribution is 7.09. The molecule has 1 aromatic heterocycles. The molecule has 1 atom stereocenters. The number of nitrogens with one attached hydrogen (secondary N) is 2. The number of aromatic nitrogens is 1. The van der Waals surface area contributed by atoms with Gasteiger partial charge in [0.05, 0.1) is 6.04 Å². The molecule has 0 spiro atoms. The van der Waals surface area contributed by atoms with Crippen molar-refractivity contribution in [2.75, 3.05) is 7.05 Å². The van der Waals surface area contributed by atoms with E-state index in [1.807, 2.05) is 35.8 Å². The van der Waals surface area contributed by atoms with E-state index < -0.39 is 0 Å².